The largest absolute Gasteiger partial charge is 0.481 e. The Bertz CT molecular complexity index is 390. The summed E-state index contributed by atoms with van der Waals surface area (Å²) in [6, 6.07) is 10.1. The van der Waals surface area contributed by atoms with E-state index in [0.29, 0.717) is 6.54 Å². The predicted molar refractivity (Wildman–Crippen MR) is 67.0 cm³/mol. The highest BCUT2D eigenvalue weighted by atomic mass is 16.4. The summed E-state index contributed by atoms with van der Waals surface area (Å²) in [6.07, 6.45) is 1.92. The average Bonchev–Trinajstić information content (AvgIpc) is 2.76. The zero-order chi connectivity index (χ0) is 12.3. The lowest BCUT2D eigenvalue weighted by Gasteiger charge is -2.33. The molecule has 2 atom stereocenters. The van der Waals surface area contributed by atoms with Gasteiger partial charge in [-0.05, 0) is 12.0 Å². The van der Waals surface area contributed by atoms with Crippen molar-refractivity contribution < 1.29 is 9.90 Å². The van der Waals surface area contributed by atoms with Crippen LogP contribution in [0.15, 0.2) is 30.3 Å². The van der Waals surface area contributed by atoms with Gasteiger partial charge < -0.3 is 10.4 Å². The van der Waals surface area contributed by atoms with Gasteiger partial charge >= 0.3 is 5.97 Å². The van der Waals surface area contributed by atoms with Crippen LogP contribution in [0.4, 0.5) is 0 Å². The van der Waals surface area contributed by atoms with E-state index < -0.39 is 5.97 Å². The number of carbonyl (C=O) groups is 1. The molecule has 2 unspecified atom stereocenters. The van der Waals surface area contributed by atoms with Gasteiger partial charge in [-0.3, -0.25) is 4.79 Å². The number of carboxylic acids is 1. The highest BCUT2D eigenvalue weighted by molar-refractivity contribution is 5.73. The minimum absolute atomic E-state index is 0.234. The summed E-state index contributed by atoms with van der Waals surface area (Å²) in [6.45, 7) is 3.45. The highest BCUT2D eigenvalue weighted by Crippen LogP contribution is 2.39. The summed E-state index contributed by atoms with van der Waals surface area (Å²) in [7, 11) is 0. The summed E-state index contributed by atoms with van der Waals surface area (Å²) in [5.74, 6) is -1.00. The fourth-order valence-electron chi connectivity index (χ4n) is 3.01. The van der Waals surface area contributed by atoms with Crippen LogP contribution in [0.5, 0.6) is 0 Å². The first kappa shape index (κ1) is 12.1. The van der Waals surface area contributed by atoms with Crippen LogP contribution < -0.4 is 5.32 Å². The maximum atomic E-state index is 11.4. The van der Waals surface area contributed by atoms with Gasteiger partial charge in [-0.1, -0.05) is 43.7 Å². The van der Waals surface area contributed by atoms with Crippen molar-refractivity contribution in [2.45, 2.75) is 25.2 Å². The van der Waals surface area contributed by atoms with Crippen molar-refractivity contribution in [2.75, 3.05) is 13.1 Å². The number of aliphatic carboxylic acids is 1. The second-order valence-electron chi connectivity index (χ2n) is 4.79. The normalized spacial score (nSPS) is 28.2. The van der Waals surface area contributed by atoms with E-state index in [9.17, 15) is 9.90 Å². The van der Waals surface area contributed by atoms with Gasteiger partial charge in [-0.2, -0.15) is 0 Å². The Balaban J connectivity index is 2.42. The number of carboxylic acid groups (broad SMARTS) is 1. The smallest absolute Gasteiger partial charge is 0.308 e. The van der Waals surface area contributed by atoms with E-state index in [0.717, 1.165) is 24.9 Å². The van der Waals surface area contributed by atoms with E-state index in [1.54, 1.807) is 0 Å². The molecule has 0 spiro atoms. The van der Waals surface area contributed by atoms with Gasteiger partial charge in [0.05, 0.1) is 5.92 Å². The molecular weight excluding hydrogens is 214 g/mol. The third kappa shape index (κ3) is 2.07. The number of hydrogen-bond donors (Lipinski definition) is 2. The summed E-state index contributed by atoms with van der Waals surface area (Å²) >= 11 is 0. The molecule has 0 bridgehead atoms. The maximum Gasteiger partial charge on any atom is 0.308 e. The van der Waals surface area contributed by atoms with E-state index in [1.165, 1.54) is 0 Å². The minimum Gasteiger partial charge on any atom is -0.481 e. The molecule has 1 aliphatic heterocycles. The minimum atomic E-state index is -0.688. The van der Waals surface area contributed by atoms with Crippen molar-refractivity contribution in [3.8, 4) is 0 Å². The average molecular weight is 233 g/mol. The van der Waals surface area contributed by atoms with Gasteiger partial charge in [0.1, 0.15) is 0 Å². The number of rotatable bonds is 4. The Morgan fingerprint density at radius 2 is 2.18 bits per heavy atom. The molecule has 92 valence electrons. The van der Waals surface area contributed by atoms with Crippen molar-refractivity contribution in [1.29, 1.82) is 0 Å². The molecule has 0 radical (unpaired) electrons. The second kappa shape index (κ2) is 4.88. The van der Waals surface area contributed by atoms with E-state index in [1.807, 2.05) is 18.2 Å². The van der Waals surface area contributed by atoms with Crippen LogP contribution >= 0.6 is 0 Å². The molecule has 1 fully saturated rings. The molecule has 3 heteroatoms. The third-order valence-electron chi connectivity index (χ3n) is 3.80. The van der Waals surface area contributed by atoms with Crippen molar-refractivity contribution in [3.63, 3.8) is 0 Å². The van der Waals surface area contributed by atoms with Crippen LogP contribution in [0.25, 0.3) is 0 Å². The first-order valence-electron chi connectivity index (χ1n) is 6.20. The van der Waals surface area contributed by atoms with Crippen LogP contribution in [-0.4, -0.2) is 24.2 Å². The highest BCUT2D eigenvalue weighted by Gasteiger charge is 2.47. The van der Waals surface area contributed by atoms with E-state index in [2.05, 4.69) is 24.4 Å². The van der Waals surface area contributed by atoms with Crippen LogP contribution in [0.2, 0.25) is 0 Å². The number of benzene rings is 1. The Labute approximate surface area is 102 Å². The monoisotopic (exact) mass is 233 g/mol. The van der Waals surface area contributed by atoms with Gasteiger partial charge in [0.2, 0.25) is 0 Å². The summed E-state index contributed by atoms with van der Waals surface area (Å²) in [5, 5.41) is 12.6. The van der Waals surface area contributed by atoms with Crippen LogP contribution in [-0.2, 0) is 10.2 Å². The fourth-order valence-corrected chi connectivity index (χ4v) is 3.01. The molecule has 3 nitrogen and oxygen atoms in total. The molecule has 1 aromatic carbocycles. The molecular formula is C14H19NO2. The van der Waals surface area contributed by atoms with Crippen LogP contribution in [0.3, 0.4) is 0 Å². The molecule has 1 saturated heterocycles. The summed E-state index contributed by atoms with van der Waals surface area (Å²) < 4.78 is 0. The number of hydrogen-bond acceptors (Lipinski definition) is 2. The van der Waals surface area contributed by atoms with Crippen molar-refractivity contribution in [2.24, 2.45) is 5.92 Å². The SMILES string of the molecule is CCCC1(c2ccccc2)CNCC1C(=O)O. The molecule has 0 amide bonds. The Morgan fingerprint density at radius 3 is 2.76 bits per heavy atom. The van der Waals surface area contributed by atoms with Gasteiger partial charge in [-0.15, -0.1) is 0 Å². The molecule has 1 heterocycles. The maximum absolute atomic E-state index is 11.4. The van der Waals surface area contributed by atoms with E-state index in [4.69, 9.17) is 0 Å². The van der Waals surface area contributed by atoms with Gasteiger partial charge in [0.25, 0.3) is 0 Å². The summed E-state index contributed by atoms with van der Waals surface area (Å²) in [4.78, 5) is 11.4. The van der Waals surface area contributed by atoms with Crippen molar-refractivity contribution in [1.82, 2.24) is 5.32 Å². The summed E-state index contributed by atoms with van der Waals surface area (Å²) in [5.41, 5.74) is 0.918. The standard InChI is InChI=1S/C14H19NO2/c1-2-8-14(11-6-4-3-5-7-11)10-15-9-12(14)13(16)17/h3-7,12,15H,2,8-10H2,1H3,(H,16,17). The third-order valence-corrected chi connectivity index (χ3v) is 3.80. The lowest BCUT2D eigenvalue weighted by atomic mass is 9.69. The van der Waals surface area contributed by atoms with Crippen molar-refractivity contribution in [3.05, 3.63) is 35.9 Å². The van der Waals surface area contributed by atoms with E-state index in [-0.39, 0.29) is 11.3 Å². The number of nitrogens with one attached hydrogen (secondary N) is 1. The van der Waals surface area contributed by atoms with Gasteiger partial charge in [0, 0.05) is 18.5 Å². The van der Waals surface area contributed by atoms with Crippen LogP contribution in [0, 0.1) is 5.92 Å². The Kier molecular flexibility index (Phi) is 3.48. The predicted octanol–water partition coefficient (Wildman–Crippen LogP) is 2.03. The Morgan fingerprint density at radius 1 is 1.47 bits per heavy atom. The van der Waals surface area contributed by atoms with Gasteiger partial charge in [-0.25, -0.2) is 0 Å². The van der Waals surface area contributed by atoms with E-state index >= 15 is 0 Å². The van der Waals surface area contributed by atoms with Crippen LogP contribution in [0.1, 0.15) is 25.3 Å². The second-order valence-corrected chi connectivity index (χ2v) is 4.79. The fraction of sp³-hybridized carbons (Fsp3) is 0.500. The zero-order valence-electron chi connectivity index (χ0n) is 10.1. The first-order chi connectivity index (χ1) is 8.20. The van der Waals surface area contributed by atoms with Gasteiger partial charge in [0.15, 0.2) is 0 Å². The Hall–Kier alpha value is -1.35. The molecule has 0 aromatic heterocycles. The lowest BCUT2D eigenvalue weighted by Crippen LogP contribution is -2.39. The molecule has 0 saturated carbocycles. The first-order valence-corrected chi connectivity index (χ1v) is 6.20. The molecule has 0 aliphatic carbocycles. The lowest BCUT2D eigenvalue weighted by molar-refractivity contribution is -0.143. The zero-order valence-corrected chi connectivity index (χ0v) is 10.1. The molecule has 1 aromatic rings. The quantitative estimate of drug-likeness (QED) is 0.836. The molecule has 1 aliphatic rings. The molecule has 2 rings (SSSR count). The topological polar surface area (TPSA) is 49.3 Å². The molecule has 2 N–H and O–H groups in total. The van der Waals surface area contributed by atoms with Crippen molar-refractivity contribution >= 4 is 5.97 Å². The molecule has 17 heavy (non-hydrogen) atoms.